The molecule has 0 saturated carbocycles. The Balaban J connectivity index is 1.83. The number of aromatic nitrogens is 2. The minimum atomic E-state index is -3.22. The summed E-state index contributed by atoms with van der Waals surface area (Å²) in [6, 6.07) is 12.9. The number of imidazole rings is 1. The second-order valence-corrected chi connectivity index (χ2v) is 9.03. The Hall–Kier alpha value is -2.64. The van der Waals surface area contributed by atoms with Crippen molar-refractivity contribution in [1.82, 2.24) is 14.9 Å². The van der Waals surface area contributed by atoms with E-state index in [-0.39, 0.29) is 0 Å². The van der Waals surface area contributed by atoms with Gasteiger partial charge in [0.1, 0.15) is 11.6 Å². The molecule has 0 aliphatic heterocycles. The van der Waals surface area contributed by atoms with E-state index in [1.54, 1.807) is 19.2 Å². The van der Waals surface area contributed by atoms with Crippen LogP contribution in [0.5, 0.6) is 5.75 Å². The summed E-state index contributed by atoms with van der Waals surface area (Å²) in [5, 5.41) is 0. The van der Waals surface area contributed by atoms with Crippen LogP contribution in [0.25, 0.3) is 11.1 Å². The highest BCUT2D eigenvalue weighted by atomic mass is 32.2. The van der Waals surface area contributed by atoms with Gasteiger partial charge in [0.25, 0.3) is 0 Å². The highest BCUT2D eigenvalue weighted by Gasteiger charge is 2.12. The van der Waals surface area contributed by atoms with Gasteiger partial charge in [0, 0.05) is 30.3 Å². The molecule has 6 nitrogen and oxygen atoms in total. The number of sulfone groups is 1. The van der Waals surface area contributed by atoms with E-state index in [0.29, 0.717) is 4.90 Å². The second-order valence-electron chi connectivity index (χ2n) is 7.02. The first-order valence-electron chi connectivity index (χ1n) is 8.92. The monoisotopic (exact) mass is 399 g/mol. The zero-order valence-corrected chi connectivity index (χ0v) is 17.4. The van der Waals surface area contributed by atoms with Crippen molar-refractivity contribution < 1.29 is 13.2 Å². The molecule has 2 aromatic carbocycles. The van der Waals surface area contributed by atoms with Crippen LogP contribution in [0.3, 0.4) is 0 Å². The molecule has 7 heteroatoms. The molecule has 0 spiro atoms. The minimum Gasteiger partial charge on any atom is -0.496 e. The standard InChI is InChI=1S/C21H25N3O3S/c1-15-12-22-21(23-15)14-24(2)13-16-5-10-20(27-3)19(11-16)17-6-8-18(9-7-17)28(4,25)26/h5-12H,13-14H2,1-4H3,(H,22,23). The quantitative estimate of drug-likeness (QED) is 0.659. The molecule has 0 unspecified atom stereocenters. The third kappa shape index (κ3) is 4.79. The van der Waals surface area contributed by atoms with Gasteiger partial charge in [-0.05, 0) is 49.4 Å². The Bertz CT molecular complexity index is 1060. The highest BCUT2D eigenvalue weighted by molar-refractivity contribution is 7.90. The Morgan fingerprint density at radius 3 is 2.39 bits per heavy atom. The van der Waals surface area contributed by atoms with Gasteiger partial charge in [-0.2, -0.15) is 0 Å². The summed E-state index contributed by atoms with van der Waals surface area (Å²) in [6.07, 6.45) is 3.04. The molecule has 0 bridgehead atoms. The average Bonchev–Trinajstić information content (AvgIpc) is 3.05. The predicted octanol–water partition coefficient (Wildman–Crippen LogP) is 3.43. The fourth-order valence-corrected chi connectivity index (χ4v) is 3.76. The van der Waals surface area contributed by atoms with Gasteiger partial charge in [-0.3, -0.25) is 4.90 Å². The number of ether oxygens (including phenoxy) is 1. The lowest BCUT2D eigenvalue weighted by Crippen LogP contribution is -2.18. The molecule has 3 rings (SSSR count). The first-order valence-corrected chi connectivity index (χ1v) is 10.8. The van der Waals surface area contributed by atoms with Gasteiger partial charge in [-0.15, -0.1) is 0 Å². The Labute approximate surface area is 166 Å². The number of aryl methyl sites for hydroxylation is 1. The van der Waals surface area contributed by atoms with Crippen LogP contribution in [0.4, 0.5) is 0 Å². The van der Waals surface area contributed by atoms with Gasteiger partial charge in [0.05, 0.1) is 18.6 Å². The molecule has 1 aromatic heterocycles. The molecule has 0 amide bonds. The summed E-state index contributed by atoms with van der Waals surface area (Å²) in [5.41, 5.74) is 4.03. The smallest absolute Gasteiger partial charge is 0.175 e. The molecule has 28 heavy (non-hydrogen) atoms. The van der Waals surface area contributed by atoms with Gasteiger partial charge in [-0.25, -0.2) is 13.4 Å². The van der Waals surface area contributed by atoms with Crippen LogP contribution in [0.1, 0.15) is 17.1 Å². The Kier molecular flexibility index (Phi) is 5.86. The normalized spacial score (nSPS) is 11.8. The molecule has 0 atom stereocenters. The lowest BCUT2D eigenvalue weighted by atomic mass is 10.0. The van der Waals surface area contributed by atoms with E-state index in [0.717, 1.165) is 47.0 Å². The van der Waals surface area contributed by atoms with Crippen molar-refractivity contribution >= 4 is 9.84 Å². The van der Waals surface area contributed by atoms with Crippen LogP contribution in [-0.2, 0) is 22.9 Å². The topological polar surface area (TPSA) is 75.3 Å². The van der Waals surface area contributed by atoms with Crippen LogP contribution >= 0.6 is 0 Å². The van der Waals surface area contributed by atoms with Crippen molar-refractivity contribution in [2.24, 2.45) is 0 Å². The molecular weight excluding hydrogens is 374 g/mol. The van der Waals surface area contributed by atoms with Gasteiger partial charge in [0.2, 0.25) is 0 Å². The van der Waals surface area contributed by atoms with Crippen molar-refractivity contribution in [1.29, 1.82) is 0 Å². The van der Waals surface area contributed by atoms with Crippen LogP contribution in [0, 0.1) is 6.92 Å². The summed E-state index contributed by atoms with van der Waals surface area (Å²) >= 11 is 0. The van der Waals surface area contributed by atoms with Crippen molar-refractivity contribution in [2.45, 2.75) is 24.9 Å². The summed E-state index contributed by atoms with van der Waals surface area (Å²) < 4.78 is 28.9. The highest BCUT2D eigenvalue weighted by Crippen LogP contribution is 2.32. The van der Waals surface area contributed by atoms with Gasteiger partial charge < -0.3 is 9.72 Å². The molecule has 0 radical (unpaired) electrons. The summed E-state index contributed by atoms with van der Waals surface area (Å²) in [7, 11) is 0.462. The summed E-state index contributed by atoms with van der Waals surface area (Å²) in [6.45, 7) is 3.46. The Morgan fingerprint density at radius 1 is 1.11 bits per heavy atom. The second kappa shape index (κ2) is 8.16. The van der Waals surface area contributed by atoms with E-state index in [1.807, 2.05) is 44.4 Å². The van der Waals surface area contributed by atoms with Gasteiger partial charge >= 0.3 is 0 Å². The predicted molar refractivity (Wildman–Crippen MR) is 110 cm³/mol. The maximum atomic E-state index is 11.7. The summed E-state index contributed by atoms with van der Waals surface area (Å²) in [4.78, 5) is 10.1. The average molecular weight is 400 g/mol. The van der Waals surface area contributed by atoms with Gasteiger partial charge in [-0.1, -0.05) is 18.2 Å². The molecule has 0 saturated heterocycles. The fourth-order valence-electron chi connectivity index (χ4n) is 3.13. The molecule has 1 heterocycles. The van der Waals surface area contributed by atoms with Crippen LogP contribution < -0.4 is 4.74 Å². The van der Waals surface area contributed by atoms with Crippen LogP contribution in [-0.4, -0.2) is 43.7 Å². The first kappa shape index (κ1) is 20.1. The van der Waals surface area contributed by atoms with Gasteiger partial charge in [0.15, 0.2) is 9.84 Å². The molecule has 148 valence electrons. The first-order chi connectivity index (χ1) is 13.3. The number of rotatable bonds is 7. The number of nitrogens with zero attached hydrogens (tertiary/aromatic N) is 2. The zero-order chi connectivity index (χ0) is 20.3. The van der Waals surface area contributed by atoms with E-state index < -0.39 is 9.84 Å². The summed E-state index contributed by atoms with van der Waals surface area (Å²) in [5.74, 6) is 1.69. The van der Waals surface area contributed by atoms with Crippen molar-refractivity contribution in [3.63, 3.8) is 0 Å². The molecule has 0 aliphatic carbocycles. The number of hydrogen-bond acceptors (Lipinski definition) is 5. The molecular formula is C21H25N3O3S. The maximum Gasteiger partial charge on any atom is 0.175 e. The maximum absolute atomic E-state index is 11.7. The van der Waals surface area contributed by atoms with E-state index in [2.05, 4.69) is 20.9 Å². The third-order valence-electron chi connectivity index (χ3n) is 4.49. The number of nitrogens with one attached hydrogen (secondary N) is 1. The fraction of sp³-hybridized carbons (Fsp3) is 0.286. The molecule has 1 N–H and O–H groups in total. The molecule has 0 fully saturated rings. The van der Waals surface area contributed by atoms with Crippen LogP contribution in [0.2, 0.25) is 0 Å². The number of hydrogen-bond donors (Lipinski definition) is 1. The SMILES string of the molecule is COc1ccc(CN(C)Cc2ncc(C)[nH]2)cc1-c1ccc(S(C)(=O)=O)cc1. The van der Waals surface area contributed by atoms with E-state index >= 15 is 0 Å². The number of H-pyrrole nitrogens is 1. The van der Waals surface area contributed by atoms with Crippen LogP contribution in [0.15, 0.2) is 53.6 Å². The Morgan fingerprint density at radius 2 is 1.82 bits per heavy atom. The molecule has 0 aliphatic rings. The van der Waals surface area contributed by atoms with Crippen molar-refractivity contribution in [3.8, 4) is 16.9 Å². The van der Waals surface area contributed by atoms with Crippen molar-refractivity contribution in [3.05, 3.63) is 65.7 Å². The van der Waals surface area contributed by atoms with E-state index in [1.165, 1.54) is 6.26 Å². The zero-order valence-electron chi connectivity index (χ0n) is 16.6. The van der Waals surface area contributed by atoms with Crippen molar-refractivity contribution in [2.75, 3.05) is 20.4 Å². The number of benzene rings is 2. The number of methoxy groups -OCH3 is 1. The van der Waals surface area contributed by atoms with E-state index in [4.69, 9.17) is 4.74 Å². The number of aromatic amines is 1. The third-order valence-corrected chi connectivity index (χ3v) is 5.61. The molecule has 3 aromatic rings. The largest absolute Gasteiger partial charge is 0.496 e. The lowest BCUT2D eigenvalue weighted by molar-refractivity contribution is 0.311. The lowest BCUT2D eigenvalue weighted by Gasteiger charge is -2.17. The minimum absolute atomic E-state index is 0.305. The van der Waals surface area contributed by atoms with E-state index in [9.17, 15) is 8.42 Å².